The van der Waals surface area contributed by atoms with Crippen molar-refractivity contribution in [3.05, 3.63) is 36.4 Å². The van der Waals surface area contributed by atoms with E-state index in [1.165, 1.54) is 21.8 Å². The van der Waals surface area contributed by atoms with E-state index in [9.17, 15) is 0 Å². The van der Waals surface area contributed by atoms with E-state index in [-0.39, 0.29) is 0 Å². The van der Waals surface area contributed by atoms with Gasteiger partial charge in [-0.2, -0.15) is 0 Å². The number of hydrogen-bond acceptors (Lipinski definition) is 3. The molecule has 4 heteroatoms. The van der Waals surface area contributed by atoms with Crippen LogP contribution in [0.1, 0.15) is 0 Å². The van der Waals surface area contributed by atoms with Gasteiger partial charge in [-0.3, -0.25) is 0 Å². The molecule has 1 N–H and O–H groups in total. The predicted molar refractivity (Wildman–Crippen MR) is 84.4 cm³/mol. The number of aromatic nitrogens is 1. The summed E-state index contributed by atoms with van der Waals surface area (Å²) in [6.07, 6.45) is 0. The molecule has 0 unspecified atom stereocenters. The molecule has 0 bridgehead atoms. The van der Waals surface area contributed by atoms with E-state index in [2.05, 4.69) is 34.1 Å². The highest BCUT2D eigenvalue weighted by molar-refractivity contribution is 6.13. The summed E-state index contributed by atoms with van der Waals surface area (Å²) in [5, 5.41) is 5.51. The smallest absolute Gasteiger partial charge is 0.143 e. The molecule has 108 valence electrons. The molecular formula is C17H18N2O2. The lowest BCUT2D eigenvalue weighted by atomic mass is 10.1. The summed E-state index contributed by atoms with van der Waals surface area (Å²) in [5.41, 5.74) is 2.41. The van der Waals surface area contributed by atoms with E-state index >= 15 is 0 Å². The van der Waals surface area contributed by atoms with Gasteiger partial charge in [0.05, 0.1) is 17.6 Å². The van der Waals surface area contributed by atoms with Crippen LogP contribution < -0.4 is 14.8 Å². The van der Waals surface area contributed by atoms with Gasteiger partial charge in [0.2, 0.25) is 0 Å². The van der Waals surface area contributed by atoms with Crippen LogP contribution in [-0.4, -0.2) is 31.4 Å². The van der Waals surface area contributed by atoms with E-state index < -0.39 is 0 Å². The zero-order valence-electron chi connectivity index (χ0n) is 12.1. The number of ether oxygens (including phenoxy) is 2. The van der Waals surface area contributed by atoms with E-state index in [0.29, 0.717) is 6.61 Å². The van der Waals surface area contributed by atoms with E-state index in [0.717, 1.165) is 31.2 Å². The van der Waals surface area contributed by atoms with E-state index in [1.54, 1.807) is 0 Å². The van der Waals surface area contributed by atoms with Crippen LogP contribution in [0.25, 0.3) is 21.8 Å². The van der Waals surface area contributed by atoms with Crippen molar-refractivity contribution in [1.82, 2.24) is 9.88 Å². The molecular weight excluding hydrogens is 264 g/mol. The van der Waals surface area contributed by atoms with Gasteiger partial charge in [0.15, 0.2) is 0 Å². The lowest BCUT2D eigenvalue weighted by Gasteiger charge is -2.17. The standard InChI is InChI=1S/C17H18N2O2/c1-18-8-10-20-14-6-3-5-13-16(14)12-4-2-7-15-17(12)19(13)9-11-21-15/h2-7,18H,8-11H2,1H3. The Hall–Kier alpha value is -2.20. The Morgan fingerprint density at radius 3 is 3.05 bits per heavy atom. The molecule has 4 rings (SSSR count). The number of para-hydroxylation sites is 1. The first-order valence-corrected chi connectivity index (χ1v) is 7.34. The molecule has 0 saturated heterocycles. The number of likely N-dealkylation sites (N-methyl/N-ethyl adjacent to an activating group) is 1. The summed E-state index contributed by atoms with van der Waals surface area (Å²) in [4.78, 5) is 0. The first-order valence-electron chi connectivity index (χ1n) is 7.34. The number of hydrogen-bond donors (Lipinski definition) is 1. The molecule has 1 aliphatic heterocycles. The molecule has 0 amide bonds. The van der Waals surface area contributed by atoms with Crippen LogP contribution >= 0.6 is 0 Å². The topological polar surface area (TPSA) is 35.4 Å². The van der Waals surface area contributed by atoms with Crippen molar-refractivity contribution in [3.8, 4) is 11.5 Å². The first kappa shape index (κ1) is 12.5. The third kappa shape index (κ3) is 1.87. The lowest BCUT2D eigenvalue weighted by Crippen LogP contribution is -2.16. The average Bonchev–Trinajstić information content (AvgIpc) is 2.86. The molecule has 1 aromatic heterocycles. The fraction of sp³-hybridized carbons (Fsp3) is 0.294. The number of fused-ring (bicyclic) bond motifs is 3. The van der Waals surface area contributed by atoms with Crippen molar-refractivity contribution >= 4 is 21.8 Å². The van der Waals surface area contributed by atoms with E-state index in [4.69, 9.17) is 9.47 Å². The Balaban J connectivity index is 1.97. The third-order valence-corrected chi connectivity index (χ3v) is 4.02. The maximum Gasteiger partial charge on any atom is 0.143 e. The molecule has 2 aromatic carbocycles. The number of nitrogens with one attached hydrogen (secondary N) is 1. The van der Waals surface area contributed by atoms with Crippen LogP contribution in [0, 0.1) is 0 Å². The quantitative estimate of drug-likeness (QED) is 0.747. The van der Waals surface area contributed by atoms with Gasteiger partial charge >= 0.3 is 0 Å². The minimum atomic E-state index is 0.665. The SMILES string of the molecule is CNCCOc1cccc2c1c1cccc3c1n2CCO3. The molecule has 2 heterocycles. The molecule has 0 atom stereocenters. The highest BCUT2D eigenvalue weighted by Gasteiger charge is 2.20. The largest absolute Gasteiger partial charge is 0.492 e. The van der Waals surface area contributed by atoms with Crippen molar-refractivity contribution in [2.45, 2.75) is 6.54 Å². The molecule has 0 aliphatic carbocycles. The fourth-order valence-electron chi connectivity index (χ4n) is 3.12. The second-order valence-corrected chi connectivity index (χ2v) is 5.25. The van der Waals surface area contributed by atoms with Gasteiger partial charge in [-0.1, -0.05) is 18.2 Å². The zero-order chi connectivity index (χ0) is 14.2. The third-order valence-electron chi connectivity index (χ3n) is 4.02. The maximum atomic E-state index is 5.97. The van der Waals surface area contributed by atoms with Crippen molar-refractivity contribution in [3.63, 3.8) is 0 Å². The Morgan fingerprint density at radius 1 is 1.24 bits per heavy atom. The van der Waals surface area contributed by atoms with Crippen LogP contribution in [0.5, 0.6) is 11.5 Å². The van der Waals surface area contributed by atoms with Crippen molar-refractivity contribution in [2.24, 2.45) is 0 Å². The van der Waals surface area contributed by atoms with Crippen LogP contribution in [-0.2, 0) is 6.54 Å². The van der Waals surface area contributed by atoms with Gasteiger partial charge in [0, 0.05) is 17.3 Å². The first-order chi connectivity index (χ1) is 10.4. The maximum absolute atomic E-state index is 5.97. The van der Waals surface area contributed by atoms with Crippen molar-refractivity contribution in [1.29, 1.82) is 0 Å². The number of nitrogens with zero attached hydrogens (tertiary/aromatic N) is 1. The highest BCUT2D eigenvalue weighted by Crippen LogP contribution is 2.40. The average molecular weight is 282 g/mol. The molecule has 21 heavy (non-hydrogen) atoms. The summed E-state index contributed by atoms with van der Waals surface area (Å²) in [6.45, 7) is 3.11. The van der Waals surface area contributed by atoms with Crippen LogP contribution in [0.3, 0.4) is 0 Å². The molecule has 0 fully saturated rings. The molecule has 1 aliphatic rings. The lowest BCUT2D eigenvalue weighted by molar-refractivity contribution is 0.289. The van der Waals surface area contributed by atoms with Gasteiger partial charge in [-0.25, -0.2) is 0 Å². The summed E-state index contributed by atoms with van der Waals surface area (Å²) in [5.74, 6) is 1.92. The second-order valence-electron chi connectivity index (χ2n) is 5.25. The van der Waals surface area contributed by atoms with Crippen LogP contribution in [0.2, 0.25) is 0 Å². The normalized spacial score (nSPS) is 13.6. The molecule has 4 nitrogen and oxygen atoms in total. The molecule has 0 radical (unpaired) electrons. The molecule has 0 spiro atoms. The van der Waals surface area contributed by atoms with Crippen LogP contribution in [0.4, 0.5) is 0 Å². The summed E-state index contributed by atoms with van der Waals surface area (Å²) in [7, 11) is 1.93. The summed E-state index contributed by atoms with van der Waals surface area (Å²) < 4.78 is 14.1. The minimum absolute atomic E-state index is 0.665. The molecule has 3 aromatic rings. The monoisotopic (exact) mass is 282 g/mol. The number of rotatable bonds is 4. The van der Waals surface area contributed by atoms with Crippen molar-refractivity contribution in [2.75, 3.05) is 26.8 Å². The Morgan fingerprint density at radius 2 is 2.14 bits per heavy atom. The van der Waals surface area contributed by atoms with Gasteiger partial charge in [-0.05, 0) is 25.2 Å². The highest BCUT2D eigenvalue weighted by atomic mass is 16.5. The Labute approximate surface area is 123 Å². The van der Waals surface area contributed by atoms with Gasteiger partial charge < -0.3 is 19.4 Å². The molecule has 0 saturated carbocycles. The Kier molecular flexibility index (Phi) is 2.97. The minimum Gasteiger partial charge on any atom is -0.492 e. The van der Waals surface area contributed by atoms with Gasteiger partial charge in [0.1, 0.15) is 24.7 Å². The summed E-state index contributed by atoms with van der Waals surface area (Å²) >= 11 is 0. The predicted octanol–water partition coefficient (Wildman–Crippen LogP) is 2.79. The van der Waals surface area contributed by atoms with Crippen molar-refractivity contribution < 1.29 is 9.47 Å². The second kappa shape index (κ2) is 4.97. The zero-order valence-corrected chi connectivity index (χ0v) is 12.1. The van der Waals surface area contributed by atoms with Gasteiger partial charge in [-0.15, -0.1) is 0 Å². The Bertz CT molecular complexity index is 807. The van der Waals surface area contributed by atoms with Crippen LogP contribution in [0.15, 0.2) is 36.4 Å². The van der Waals surface area contributed by atoms with Gasteiger partial charge in [0.25, 0.3) is 0 Å². The fourth-order valence-corrected chi connectivity index (χ4v) is 3.12. The number of benzene rings is 2. The summed E-state index contributed by atoms with van der Waals surface area (Å²) in [6, 6.07) is 12.5. The van der Waals surface area contributed by atoms with E-state index in [1.807, 2.05) is 19.2 Å².